The van der Waals surface area contributed by atoms with Crippen molar-refractivity contribution in [3.05, 3.63) is 145 Å². The smallest absolute Gasteiger partial charge is 0.0279 e. The molecule has 0 heterocycles. The zero-order valence-corrected chi connectivity index (χ0v) is 29.4. The molecule has 4 heteroatoms. The molecule has 0 amide bonds. The van der Waals surface area contributed by atoms with Gasteiger partial charge in [0.15, 0.2) is 0 Å². The predicted molar refractivity (Wildman–Crippen MR) is 162 cm³/mol. The number of hydrogen-bond acceptors (Lipinski definition) is 0. The Labute approximate surface area is 267 Å². The molecular formula is C36H32Cl2HfSi-2. The van der Waals surface area contributed by atoms with Crippen LogP contribution in [0.1, 0.15) is 11.1 Å². The Bertz CT molecular complexity index is 1450. The van der Waals surface area contributed by atoms with E-state index in [-0.39, 0.29) is 30.3 Å². The number of aryl methyl sites for hydroxylation is 2. The summed E-state index contributed by atoms with van der Waals surface area (Å²) in [6.07, 6.45) is 0. The largest absolute Gasteiger partial charge is 1.00 e. The first-order valence-electron chi connectivity index (χ1n) is 12.9. The van der Waals surface area contributed by atoms with Gasteiger partial charge in [-0.2, -0.15) is 23.3 Å². The van der Waals surface area contributed by atoms with Crippen molar-refractivity contribution in [2.45, 2.75) is 26.9 Å². The Hall–Kier alpha value is -2.49. The molecule has 0 fully saturated rings. The average molecular weight is 742 g/mol. The minimum absolute atomic E-state index is 0. The summed E-state index contributed by atoms with van der Waals surface area (Å²) in [5.74, 6) is 0. The maximum atomic E-state index is 3.39. The first kappa shape index (κ1) is 33.7. The predicted octanol–water partition coefficient (Wildman–Crippen LogP) is 3.93. The Balaban J connectivity index is 0.000000237. The third-order valence-electron chi connectivity index (χ3n) is 5.99. The van der Waals surface area contributed by atoms with Gasteiger partial charge in [0, 0.05) is 0 Å². The fourth-order valence-electron chi connectivity index (χ4n) is 4.45. The fourth-order valence-corrected chi connectivity index (χ4v) is 4.45. The van der Waals surface area contributed by atoms with Crippen molar-refractivity contribution < 1.29 is 47.8 Å². The first-order valence-corrected chi connectivity index (χ1v) is 20.8. The molecule has 0 atom stereocenters. The quantitative estimate of drug-likeness (QED) is 0.187. The summed E-state index contributed by atoms with van der Waals surface area (Å²) in [5, 5.41) is 0. The molecule has 0 spiro atoms. The van der Waals surface area contributed by atoms with Gasteiger partial charge in [0.05, 0.1) is 0 Å². The second-order valence-electron chi connectivity index (χ2n) is 9.56. The van der Waals surface area contributed by atoms with Crippen molar-refractivity contribution in [2.75, 3.05) is 0 Å². The summed E-state index contributed by atoms with van der Waals surface area (Å²) in [7, 11) is 0. The number of benzene rings is 2. The molecule has 0 radical (unpaired) electrons. The van der Waals surface area contributed by atoms with Crippen LogP contribution >= 0.6 is 0 Å². The van der Waals surface area contributed by atoms with Crippen LogP contribution in [0.4, 0.5) is 0 Å². The van der Waals surface area contributed by atoms with E-state index in [0.29, 0.717) is 0 Å². The number of halogens is 2. The van der Waals surface area contributed by atoms with Gasteiger partial charge < -0.3 is 24.8 Å². The third kappa shape index (κ3) is 9.28. The Kier molecular flexibility index (Phi) is 14.1. The summed E-state index contributed by atoms with van der Waals surface area (Å²) in [5.41, 5.74) is 12.6. The van der Waals surface area contributed by atoms with Crippen molar-refractivity contribution in [2.24, 2.45) is 0 Å². The van der Waals surface area contributed by atoms with Crippen molar-refractivity contribution in [3.8, 4) is 44.5 Å². The molecule has 0 saturated carbocycles. The van der Waals surface area contributed by atoms with Gasteiger partial charge in [0.2, 0.25) is 0 Å². The van der Waals surface area contributed by atoms with Crippen LogP contribution in [-0.2, 0) is 23.0 Å². The van der Waals surface area contributed by atoms with Gasteiger partial charge in [0.25, 0.3) is 0 Å². The maximum absolute atomic E-state index is 3.39. The second kappa shape index (κ2) is 16.7. The van der Waals surface area contributed by atoms with E-state index in [2.05, 4.69) is 148 Å². The zero-order valence-electron chi connectivity index (χ0n) is 23.3. The molecule has 200 valence electrons. The van der Waals surface area contributed by atoms with E-state index in [1.165, 1.54) is 78.6 Å². The van der Waals surface area contributed by atoms with E-state index >= 15 is 0 Å². The summed E-state index contributed by atoms with van der Waals surface area (Å²) in [4.78, 5) is 0. The summed E-state index contributed by atoms with van der Waals surface area (Å²) in [6.45, 7) is 8.84. The standard InChI is InChI=1S/2C17H13.C2H6Si.2ClH.Hf/c2*1-13-11-15-9-5-6-10-16(17(15)12-13)14-7-3-2-4-8-14;1-3-2;;;/h2*2-10,12H,1H3;1-2H3;2*1H;/q2*-1;;;;+2/p-2. The van der Waals surface area contributed by atoms with E-state index in [9.17, 15) is 0 Å². The Morgan fingerprint density at radius 3 is 1.12 bits per heavy atom. The van der Waals surface area contributed by atoms with Gasteiger partial charge in [-0.1, -0.05) is 110 Å². The Morgan fingerprint density at radius 2 is 0.775 bits per heavy atom. The number of rotatable bonds is 2. The summed E-state index contributed by atoms with van der Waals surface area (Å²) < 4.78 is 0. The van der Waals surface area contributed by atoms with Crippen LogP contribution in [-0.4, -0.2) is 5.49 Å². The monoisotopic (exact) mass is 742 g/mol. The molecule has 0 aromatic heterocycles. The molecule has 40 heavy (non-hydrogen) atoms. The van der Waals surface area contributed by atoms with Crippen LogP contribution in [0.2, 0.25) is 13.1 Å². The van der Waals surface area contributed by atoms with Crippen LogP contribution in [0.5, 0.6) is 0 Å². The van der Waals surface area contributed by atoms with E-state index in [0.717, 1.165) is 0 Å². The molecule has 0 nitrogen and oxygen atoms in total. The van der Waals surface area contributed by atoms with Gasteiger partial charge >= 0.3 is 41.6 Å². The van der Waals surface area contributed by atoms with Crippen LogP contribution < -0.4 is 24.8 Å². The van der Waals surface area contributed by atoms with Crippen LogP contribution in [0, 0.1) is 26.0 Å². The van der Waals surface area contributed by atoms with Crippen LogP contribution in [0.3, 0.4) is 0 Å². The normalized spacial score (nSPS) is 9.75. The molecule has 4 aliphatic carbocycles. The number of fused-ring (bicyclic) bond motifs is 2. The molecule has 4 aliphatic rings. The third-order valence-corrected chi connectivity index (χ3v) is 5.99. The van der Waals surface area contributed by atoms with E-state index < -0.39 is 0 Å². The molecule has 0 saturated heterocycles. The fraction of sp³-hybridized carbons (Fsp3) is 0.111. The second-order valence-corrected chi connectivity index (χ2v) is 22.3. The van der Waals surface area contributed by atoms with Crippen molar-refractivity contribution in [1.82, 2.24) is 0 Å². The average Bonchev–Trinajstić information content (AvgIpc) is 3.31. The van der Waals surface area contributed by atoms with Gasteiger partial charge in [0.1, 0.15) is 0 Å². The zero-order chi connectivity index (χ0) is 26.9. The SMILES string of the molecule is C[Si](C)=[Hf+2].Cc1[c-]c2ccccc(-c3ccccc3)c-2c1.Cc1[c-]c2ccccc(-c3ccccc3)c-2c1.[Cl-].[Cl-]. The summed E-state index contributed by atoms with van der Waals surface area (Å²) >= 11 is 1.45. The van der Waals surface area contributed by atoms with Crippen LogP contribution in [0.15, 0.2) is 121 Å². The van der Waals surface area contributed by atoms with Crippen molar-refractivity contribution in [1.29, 1.82) is 0 Å². The topological polar surface area (TPSA) is 0 Å². The molecule has 2 aromatic carbocycles. The minimum atomic E-state index is 0. The van der Waals surface area contributed by atoms with Gasteiger partial charge in [-0.3, -0.25) is 0 Å². The van der Waals surface area contributed by atoms with Gasteiger partial charge in [-0.05, 0) is 11.1 Å². The van der Waals surface area contributed by atoms with E-state index in [1.807, 2.05) is 12.1 Å². The van der Waals surface area contributed by atoms with Crippen molar-refractivity contribution in [3.63, 3.8) is 0 Å². The van der Waals surface area contributed by atoms with Gasteiger partial charge in [-0.15, -0.1) is 58.7 Å². The van der Waals surface area contributed by atoms with E-state index in [1.54, 1.807) is 0 Å². The first-order chi connectivity index (χ1) is 18.4. The molecular weight excluding hydrogens is 710 g/mol. The molecule has 0 bridgehead atoms. The van der Waals surface area contributed by atoms with Crippen molar-refractivity contribution >= 4 is 5.49 Å². The van der Waals surface area contributed by atoms with Gasteiger partial charge in [-0.25, -0.2) is 0 Å². The molecule has 0 N–H and O–H groups in total. The molecule has 0 unspecified atom stereocenters. The maximum Gasteiger partial charge on any atom is -0.0279 e. The Morgan fingerprint density at radius 1 is 0.475 bits per heavy atom. The molecule has 2 aromatic rings. The number of hydrogen-bond donors (Lipinski definition) is 0. The van der Waals surface area contributed by atoms with Crippen LogP contribution in [0.25, 0.3) is 44.5 Å². The minimum Gasteiger partial charge on any atom is -1.00 e. The summed E-state index contributed by atoms with van der Waals surface area (Å²) in [6, 6.07) is 49.1. The molecule has 6 rings (SSSR count). The molecule has 0 aliphatic heterocycles. The van der Waals surface area contributed by atoms with E-state index in [4.69, 9.17) is 0 Å².